The third-order valence-electron chi connectivity index (χ3n) is 5.01. The lowest BCUT2D eigenvalue weighted by atomic mass is 9.87. The number of nitrogens with one attached hydrogen (secondary N) is 2. The summed E-state index contributed by atoms with van der Waals surface area (Å²) in [7, 11) is 4.11. The molecule has 0 spiro atoms. The van der Waals surface area contributed by atoms with Gasteiger partial charge in [-0.3, -0.25) is 4.79 Å². The maximum absolute atomic E-state index is 13.2. The lowest BCUT2D eigenvalue weighted by Gasteiger charge is -2.28. The SMILES string of the molecule is C[NH+](C)[C@@H](CNC(=O)C1c2ccccc2Oc2ccccc21)c1ccco1. The van der Waals surface area contributed by atoms with Gasteiger partial charge in [-0.1, -0.05) is 36.4 Å². The molecule has 5 heteroatoms. The molecule has 0 bridgehead atoms. The summed E-state index contributed by atoms with van der Waals surface area (Å²) >= 11 is 0. The molecule has 5 nitrogen and oxygen atoms in total. The van der Waals surface area contributed by atoms with Crippen LogP contribution < -0.4 is 15.0 Å². The van der Waals surface area contributed by atoms with Crippen molar-refractivity contribution in [1.82, 2.24) is 5.32 Å². The largest absolute Gasteiger partial charge is 0.463 e. The van der Waals surface area contributed by atoms with Crippen molar-refractivity contribution in [3.63, 3.8) is 0 Å². The molecule has 0 saturated heterocycles. The van der Waals surface area contributed by atoms with Crippen molar-refractivity contribution >= 4 is 5.91 Å². The summed E-state index contributed by atoms with van der Waals surface area (Å²) in [5, 5.41) is 3.13. The first-order valence-electron chi connectivity index (χ1n) is 9.12. The topological polar surface area (TPSA) is 55.9 Å². The Labute approximate surface area is 158 Å². The van der Waals surface area contributed by atoms with Crippen LogP contribution in [0, 0.1) is 0 Å². The van der Waals surface area contributed by atoms with E-state index in [1.165, 1.54) is 4.90 Å². The number of amides is 1. The lowest BCUT2D eigenvalue weighted by Crippen LogP contribution is -3.07. The number of hydrogen-bond donors (Lipinski definition) is 2. The van der Waals surface area contributed by atoms with E-state index < -0.39 is 0 Å². The average Bonchev–Trinajstić information content (AvgIpc) is 3.20. The Hall–Kier alpha value is -3.05. The van der Waals surface area contributed by atoms with Crippen molar-refractivity contribution in [3.8, 4) is 11.5 Å². The minimum absolute atomic E-state index is 0.0315. The number of para-hydroxylation sites is 2. The van der Waals surface area contributed by atoms with Crippen LogP contribution in [0.1, 0.15) is 28.8 Å². The number of rotatable bonds is 5. The van der Waals surface area contributed by atoms with Gasteiger partial charge in [0.2, 0.25) is 5.91 Å². The highest BCUT2D eigenvalue weighted by Gasteiger charge is 2.33. The highest BCUT2D eigenvalue weighted by molar-refractivity contribution is 5.89. The first kappa shape index (κ1) is 17.4. The number of carbonyl (C=O) groups excluding carboxylic acids is 1. The van der Waals surface area contributed by atoms with Gasteiger partial charge in [0.1, 0.15) is 11.5 Å². The van der Waals surface area contributed by atoms with Gasteiger partial charge in [0, 0.05) is 11.1 Å². The summed E-state index contributed by atoms with van der Waals surface area (Å²) in [5.41, 5.74) is 1.78. The van der Waals surface area contributed by atoms with E-state index in [0.29, 0.717) is 6.54 Å². The fourth-order valence-corrected chi connectivity index (χ4v) is 3.58. The molecule has 0 saturated carbocycles. The zero-order chi connectivity index (χ0) is 18.8. The van der Waals surface area contributed by atoms with E-state index in [4.69, 9.17) is 9.15 Å². The number of ether oxygens (including phenoxy) is 1. The Morgan fingerprint density at radius 1 is 1.00 bits per heavy atom. The van der Waals surface area contributed by atoms with Gasteiger partial charge in [-0.15, -0.1) is 0 Å². The third-order valence-corrected chi connectivity index (χ3v) is 5.01. The van der Waals surface area contributed by atoms with Crippen LogP contribution in [0.5, 0.6) is 11.5 Å². The van der Waals surface area contributed by atoms with Crippen LogP contribution in [-0.4, -0.2) is 26.5 Å². The van der Waals surface area contributed by atoms with Crippen molar-refractivity contribution in [2.45, 2.75) is 12.0 Å². The Morgan fingerprint density at radius 2 is 1.63 bits per heavy atom. The molecule has 0 radical (unpaired) electrons. The molecule has 2 aromatic carbocycles. The highest BCUT2D eigenvalue weighted by atomic mass is 16.5. The summed E-state index contributed by atoms with van der Waals surface area (Å²) in [4.78, 5) is 14.4. The van der Waals surface area contributed by atoms with Gasteiger partial charge in [-0.25, -0.2) is 0 Å². The monoisotopic (exact) mass is 363 g/mol. The molecule has 27 heavy (non-hydrogen) atoms. The average molecular weight is 363 g/mol. The molecule has 0 fully saturated rings. The van der Waals surface area contributed by atoms with Crippen molar-refractivity contribution in [3.05, 3.63) is 83.8 Å². The van der Waals surface area contributed by atoms with Crippen molar-refractivity contribution in [2.75, 3.05) is 20.6 Å². The molecule has 1 aliphatic heterocycles. The van der Waals surface area contributed by atoms with E-state index in [0.717, 1.165) is 28.4 Å². The molecule has 3 aromatic rings. The highest BCUT2D eigenvalue weighted by Crippen LogP contribution is 2.43. The number of likely N-dealkylation sites (N-methyl/N-ethyl adjacent to an activating group) is 1. The van der Waals surface area contributed by atoms with Gasteiger partial charge in [0.25, 0.3) is 0 Å². The zero-order valence-electron chi connectivity index (χ0n) is 15.4. The minimum Gasteiger partial charge on any atom is -0.463 e. The van der Waals surface area contributed by atoms with E-state index in [2.05, 4.69) is 19.4 Å². The molecule has 0 aliphatic carbocycles. The first-order valence-corrected chi connectivity index (χ1v) is 9.12. The minimum atomic E-state index is -0.388. The normalized spacial score (nSPS) is 14.2. The quantitative estimate of drug-likeness (QED) is 0.732. The van der Waals surface area contributed by atoms with E-state index in [-0.39, 0.29) is 17.9 Å². The molecule has 0 unspecified atom stereocenters. The van der Waals surface area contributed by atoms with E-state index in [1.54, 1.807) is 6.26 Å². The van der Waals surface area contributed by atoms with Crippen LogP contribution in [-0.2, 0) is 4.79 Å². The maximum Gasteiger partial charge on any atom is 0.232 e. The van der Waals surface area contributed by atoms with Crippen LogP contribution in [0.2, 0.25) is 0 Å². The summed E-state index contributed by atoms with van der Waals surface area (Å²) in [6.07, 6.45) is 1.66. The molecular weight excluding hydrogens is 340 g/mol. The third kappa shape index (κ3) is 3.34. The smallest absolute Gasteiger partial charge is 0.232 e. The molecule has 2 heterocycles. The summed E-state index contributed by atoms with van der Waals surface area (Å²) in [6, 6.07) is 19.3. The second-order valence-corrected chi connectivity index (χ2v) is 7.00. The summed E-state index contributed by atoms with van der Waals surface area (Å²) < 4.78 is 11.5. The number of furan rings is 1. The van der Waals surface area contributed by atoms with E-state index >= 15 is 0 Å². The number of quaternary nitrogens is 1. The first-order chi connectivity index (χ1) is 13.1. The Bertz CT molecular complexity index is 889. The number of fused-ring (bicyclic) bond motifs is 2. The molecule has 1 aromatic heterocycles. The molecule has 4 rings (SSSR count). The van der Waals surface area contributed by atoms with Gasteiger partial charge < -0.3 is 19.4 Å². The maximum atomic E-state index is 13.2. The Balaban J connectivity index is 1.60. The molecule has 2 N–H and O–H groups in total. The molecule has 1 atom stereocenters. The van der Waals surface area contributed by atoms with Crippen molar-refractivity contribution < 1.29 is 18.8 Å². The van der Waals surface area contributed by atoms with Crippen LogP contribution in [0.4, 0.5) is 0 Å². The van der Waals surface area contributed by atoms with Gasteiger partial charge in [0.05, 0.1) is 32.8 Å². The van der Waals surface area contributed by atoms with Crippen LogP contribution in [0.25, 0.3) is 0 Å². The predicted octanol–water partition coefficient (Wildman–Crippen LogP) is 2.52. The van der Waals surface area contributed by atoms with Gasteiger partial charge >= 0.3 is 0 Å². The lowest BCUT2D eigenvalue weighted by molar-refractivity contribution is -0.891. The van der Waals surface area contributed by atoms with Gasteiger partial charge in [-0.05, 0) is 24.3 Å². The zero-order valence-corrected chi connectivity index (χ0v) is 15.4. The summed E-state index contributed by atoms with van der Waals surface area (Å²) in [6.45, 7) is 0.496. The standard InChI is InChI=1S/C22H22N2O3/c1-24(2)17(20-12-7-13-26-20)14-23-22(25)21-15-8-3-5-10-18(15)27-19-11-6-4-9-16(19)21/h3-13,17,21H,14H2,1-2H3,(H,23,25)/p+1/t17-/m0/s1. The molecule has 138 valence electrons. The van der Waals surface area contributed by atoms with Crippen LogP contribution >= 0.6 is 0 Å². The number of hydrogen-bond acceptors (Lipinski definition) is 3. The van der Waals surface area contributed by atoms with E-state index in [9.17, 15) is 4.79 Å². The Kier molecular flexibility index (Phi) is 4.69. The van der Waals surface area contributed by atoms with Gasteiger partial charge in [-0.2, -0.15) is 0 Å². The molecule has 1 aliphatic rings. The second kappa shape index (κ2) is 7.29. The van der Waals surface area contributed by atoms with E-state index in [1.807, 2.05) is 60.7 Å². The van der Waals surface area contributed by atoms with Crippen LogP contribution in [0.3, 0.4) is 0 Å². The molecular formula is C22H23N2O3+. The predicted molar refractivity (Wildman–Crippen MR) is 102 cm³/mol. The fraction of sp³-hybridized carbons (Fsp3) is 0.227. The fourth-order valence-electron chi connectivity index (χ4n) is 3.58. The van der Waals surface area contributed by atoms with Gasteiger partial charge in [0.15, 0.2) is 11.8 Å². The second-order valence-electron chi connectivity index (χ2n) is 7.00. The number of carbonyl (C=O) groups is 1. The Morgan fingerprint density at radius 3 is 2.19 bits per heavy atom. The van der Waals surface area contributed by atoms with Crippen LogP contribution in [0.15, 0.2) is 71.3 Å². The number of benzene rings is 2. The van der Waals surface area contributed by atoms with Crippen molar-refractivity contribution in [1.29, 1.82) is 0 Å². The molecule has 1 amide bonds. The van der Waals surface area contributed by atoms with Crippen molar-refractivity contribution in [2.24, 2.45) is 0 Å². The summed E-state index contributed by atoms with van der Waals surface area (Å²) in [5.74, 6) is 1.91.